The summed E-state index contributed by atoms with van der Waals surface area (Å²) in [6.07, 6.45) is 7.72. The van der Waals surface area contributed by atoms with Crippen molar-refractivity contribution >= 4 is 17.5 Å². The van der Waals surface area contributed by atoms with Crippen molar-refractivity contribution in [1.82, 2.24) is 0 Å². The Labute approximate surface area is 130 Å². The summed E-state index contributed by atoms with van der Waals surface area (Å²) in [4.78, 5) is 35.7. The number of carbonyl (C=O) groups excluding carboxylic acids is 3. The number of cyclic esters (lactones) is 1. The van der Waals surface area contributed by atoms with E-state index in [1.807, 2.05) is 26.8 Å². The summed E-state index contributed by atoms with van der Waals surface area (Å²) >= 11 is 0. The molecule has 0 aromatic carbocycles. The molecule has 2 rings (SSSR count). The molecule has 1 aliphatic carbocycles. The molecule has 0 amide bonds. The normalized spacial score (nSPS) is 28.2. The lowest BCUT2D eigenvalue weighted by Gasteiger charge is -2.30. The molecule has 2 aliphatic rings. The number of hydrogen-bond donors (Lipinski definition) is 0. The van der Waals surface area contributed by atoms with Gasteiger partial charge in [-0.3, -0.25) is 14.4 Å². The van der Waals surface area contributed by atoms with Gasteiger partial charge in [-0.25, -0.2) is 0 Å². The first-order valence-electron chi connectivity index (χ1n) is 7.59. The quantitative estimate of drug-likeness (QED) is 0.591. The van der Waals surface area contributed by atoms with Crippen molar-refractivity contribution in [3.63, 3.8) is 0 Å². The van der Waals surface area contributed by atoms with Gasteiger partial charge in [0, 0.05) is 6.42 Å². The van der Waals surface area contributed by atoms with Crippen LogP contribution in [0.5, 0.6) is 0 Å². The van der Waals surface area contributed by atoms with Crippen LogP contribution in [-0.4, -0.2) is 23.6 Å². The van der Waals surface area contributed by atoms with Crippen LogP contribution in [-0.2, 0) is 19.1 Å². The highest BCUT2D eigenvalue weighted by Crippen LogP contribution is 2.43. The SMILES string of the molecule is CC(C)=CCC/C(C)=C/[C@H]1OC(=O)C[C@]12CC(=O)C=CC2=O. The molecular formula is C18H22O4. The Morgan fingerprint density at radius 2 is 1.95 bits per heavy atom. The Bertz CT molecular complexity index is 590. The van der Waals surface area contributed by atoms with Crippen molar-refractivity contribution in [2.24, 2.45) is 5.41 Å². The predicted octanol–water partition coefficient (Wildman–Crippen LogP) is 3.08. The lowest BCUT2D eigenvalue weighted by atomic mass is 9.70. The van der Waals surface area contributed by atoms with Crippen molar-refractivity contribution in [1.29, 1.82) is 0 Å². The lowest BCUT2D eigenvalue weighted by Crippen LogP contribution is -2.41. The van der Waals surface area contributed by atoms with Crippen molar-refractivity contribution in [2.45, 2.75) is 52.6 Å². The smallest absolute Gasteiger partial charge is 0.307 e. The number of carbonyl (C=O) groups is 3. The molecule has 1 spiro atoms. The van der Waals surface area contributed by atoms with Gasteiger partial charge < -0.3 is 4.74 Å². The predicted molar refractivity (Wildman–Crippen MR) is 83.1 cm³/mol. The lowest BCUT2D eigenvalue weighted by molar-refractivity contribution is -0.140. The molecule has 1 fully saturated rings. The monoisotopic (exact) mass is 302 g/mol. The zero-order chi connectivity index (χ0) is 16.3. The third-order valence-corrected chi connectivity index (χ3v) is 4.19. The van der Waals surface area contributed by atoms with E-state index >= 15 is 0 Å². The molecule has 0 aromatic heterocycles. The van der Waals surface area contributed by atoms with Crippen LogP contribution in [0.2, 0.25) is 0 Å². The number of esters is 1. The van der Waals surface area contributed by atoms with Crippen LogP contribution in [0.3, 0.4) is 0 Å². The van der Waals surface area contributed by atoms with Gasteiger partial charge in [-0.1, -0.05) is 17.2 Å². The Kier molecular flexibility index (Phi) is 4.79. The van der Waals surface area contributed by atoms with E-state index in [9.17, 15) is 14.4 Å². The van der Waals surface area contributed by atoms with Gasteiger partial charge in [-0.15, -0.1) is 0 Å². The molecule has 0 N–H and O–H groups in total. The van der Waals surface area contributed by atoms with Crippen LogP contribution in [0.25, 0.3) is 0 Å². The molecule has 118 valence electrons. The van der Waals surface area contributed by atoms with Gasteiger partial charge in [0.25, 0.3) is 0 Å². The Morgan fingerprint density at radius 3 is 2.64 bits per heavy atom. The largest absolute Gasteiger partial charge is 0.457 e. The van der Waals surface area contributed by atoms with Gasteiger partial charge in [0.05, 0.1) is 11.8 Å². The summed E-state index contributed by atoms with van der Waals surface area (Å²) < 4.78 is 5.33. The molecule has 4 nitrogen and oxygen atoms in total. The zero-order valence-corrected chi connectivity index (χ0v) is 13.3. The first kappa shape index (κ1) is 16.4. The minimum atomic E-state index is -1.03. The molecule has 1 saturated heterocycles. The molecule has 0 unspecified atom stereocenters. The van der Waals surface area contributed by atoms with Crippen LogP contribution in [0.4, 0.5) is 0 Å². The summed E-state index contributed by atoms with van der Waals surface area (Å²) in [6, 6.07) is 0. The van der Waals surface area contributed by atoms with Crippen molar-refractivity contribution in [3.8, 4) is 0 Å². The second kappa shape index (κ2) is 6.42. The van der Waals surface area contributed by atoms with Gasteiger partial charge >= 0.3 is 5.97 Å². The van der Waals surface area contributed by atoms with E-state index in [0.29, 0.717) is 0 Å². The molecule has 0 aromatic rings. The van der Waals surface area contributed by atoms with E-state index in [1.165, 1.54) is 17.7 Å². The molecule has 2 atom stereocenters. The summed E-state index contributed by atoms with van der Waals surface area (Å²) in [5.74, 6) is -0.718. The number of ether oxygens (including phenoxy) is 1. The molecule has 0 radical (unpaired) electrons. The Hall–Kier alpha value is -1.97. The van der Waals surface area contributed by atoms with Gasteiger partial charge in [0.2, 0.25) is 0 Å². The van der Waals surface area contributed by atoms with Crippen molar-refractivity contribution in [2.75, 3.05) is 0 Å². The maximum atomic E-state index is 12.3. The second-order valence-electron chi connectivity index (χ2n) is 6.42. The van der Waals surface area contributed by atoms with Crippen LogP contribution in [0, 0.1) is 5.41 Å². The molecule has 4 heteroatoms. The standard InChI is InChI=1S/C18H22O4/c1-12(2)5-4-6-13(3)9-16-18(11-17(21)22-16)10-14(19)7-8-15(18)20/h5,7-9,16H,4,6,10-11H2,1-3H3/b13-9+/t16-,18+/m1/s1. The minimum Gasteiger partial charge on any atom is -0.457 e. The molecule has 1 aliphatic heterocycles. The van der Waals surface area contributed by atoms with Crippen LogP contribution >= 0.6 is 0 Å². The molecule has 0 bridgehead atoms. The van der Waals surface area contributed by atoms with Gasteiger partial charge in [-0.2, -0.15) is 0 Å². The molecule has 0 saturated carbocycles. The maximum absolute atomic E-state index is 12.3. The van der Waals surface area contributed by atoms with E-state index in [1.54, 1.807) is 0 Å². The highest BCUT2D eigenvalue weighted by Gasteiger charge is 2.54. The third-order valence-electron chi connectivity index (χ3n) is 4.19. The summed E-state index contributed by atoms with van der Waals surface area (Å²) in [6.45, 7) is 6.06. The topological polar surface area (TPSA) is 60.4 Å². The van der Waals surface area contributed by atoms with E-state index in [-0.39, 0.29) is 24.4 Å². The van der Waals surface area contributed by atoms with Gasteiger partial charge in [0.15, 0.2) is 11.6 Å². The first-order chi connectivity index (χ1) is 10.3. The van der Waals surface area contributed by atoms with Crippen molar-refractivity contribution in [3.05, 3.63) is 35.5 Å². The van der Waals surface area contributed by atoms with E-state index in [0.717, 1.165) is 18.4 Å². The molecule has 22 heavy (non-hydrogen) atoms. The third kappa shape index (κ3) is 3.43. The van der Waals surface area contributed by atoms with Crippen molar-refractivity contribution < 1.29 is 19.1 Å². The highest BCUT2D eigenvalue weighted by molar-refractivity contribution is 6.10. The summed E-state index contributed by atoms with van der Waals surface area (Å²) in [5.41, 5.74) is 1.29. The number of hydrogen-bond acceptors (Lipinski definition) is 4. The van der Waals surface area contributed by atoms with Gasteiger partial charge in [0.1, 0.15) is 6.10 Å². The fourth-order valence-electron chi connectivity index (χ4n) is 2.96. The second-order valence-corrected chi connectivity index (χ2v) is 6.42. The minimum absolute atomic E-state index is 0.00959. The summed E-state index contributed by atoms with van der Waals surface area (Å²) in [7, 11) is 0. The first-order valence-corrected chi connectivity index (χ1v) is 7.59. The Balaban J connectivity index is 2.19. The van der Waals surface area contributed by atoms with Crippen LogP contribution in [0.1, 0.15) is 46.5 Å². The highest BCUT2D eigenvalue weighted by atomic mass is 16.6. The zero-order valence-electron chi connectivity index (χ0n) is 13.3. The van der Waals surface area contributed by atoms with Gasteiger partial charge in [-0.05, 0) is 51.8 Å². The van der Waals surface area contributed by atoms with Crippen LogP contribution < -0.4 is 0 Å². The number of rotatable bonds is 4. The average molecular weight is 302 g/mol. The number of ketones is 2. The molecular weight excluding hydrogens is 280 g/mol. The van der Waals surface area contributed by atoms with E-state index < -0.39 is 17.5 Å². The van der Waals surface area contributed by atoms with Crippen LogP contribution in [0.15, 0.2) is 35.5 Å². The number of allylic oxidation sites excluding steroid dienone is 5. The Morgan fingerprint density at radius 1 is 1.23 bits per heavy atom. The van der Waals surface area contributed by atoms with E-state index in [2.05, 4.69) is 6.08 Å². The molecule has 1 heterocycles. The maximum Gasteiger partial charge on any atom is 0.307 e. The fraction of sp³-hybridized carbons (Fsp3) is 0.500. The van der Waals surface area contributed by atoms with E-state index in [4.69, 9.17) is 4.74 Å². The average Bonchev–Trinajstić information content (AvgIpc) is 2.70. The summed E-state index contributed by atoms with van der Waals surface area (Å²) in [5, 5.41) is 0. The fourth-order valence-corrected chi connectivity index (χ4v) is 2.96.